The SMILES string of the molecule is Fc1c(Br)cccc1Br. The standard InChI is InChI=1S/C6H3Br2F/c7-4-2-1-3-5(8)6(4)9/h1-3H. The van der Waals surface area contributed by atoms with Crippen LogP contribution in [0, 0.1) is 5.82 Å². The molecule has 0 saturated heterocycles. The van der Waals surface area contributed by atoms with Gasteiger partial charge in [-0.15, -0.1) is 0 Å². The molecule has 0 N–H and O–H groups in total. The van der Waals surface area contributed by atoms with E-state index in [-0.39, 0.29) is 5.82 Å². The summed E-state index contributed by atoms with van der Waals surface area (Å²) in [7, 11) is 0. The zero-order valence-electron chi connectivity index (χ0n) is 4.37. The van der Waals surface area contributed by atoms with Gasteiger partial charge in [0, 0.05) is 0 Å². The number of rotatable bonds is 0. The van der Waals surface area contributed by atoms with Crippen molar-refractivity contribution in [2.75, 3.05) is 0 Å². The second-order valence-electron chi connectivity index (χ2n) is 1.54. The van der Waals surface area contributed by atoms with E-state index in [1.165, 1.54) is 0 Å². The van der Waals surface area contributed by atoms with Crippen LogP contribution in [0.25, 0.3) is 0 Å². The molecule has 0 spiro atoms. The molecule has 0 unspecified atom stereocenters. The first-order valence-corrected chi connectivity index (χ1v) is 3.90. The van der Waals surface area contributed by atoms with Crippen molar-refractivity contribution < 1.29 is 4.39 Å². The minimum atomic E-state index is -0.252. The summed E-state index contributed by atoms with van der Waals surface area (Å²) in [6, 6.07) is 5.07. The lowest BCUT2D eigenvalue weighted by atomic mass is 10.4. The van der Waals surface area contributed by atoms with Crippen LogP contribution in [0.2, 0.25) is 0 Å². The van der Waals surface area contributed by atoms with Crippen LogP contribution in [0.15, 0.2) is 27.1 Å². The van der Waals surface area contributed by atoms with E-state index >= 15 is 0 Å². The smallest absolute Gasteiger partial charge is 0.151 e. The highest BCUT2D eigenvalue weighted by atomic mass is 79.9. The van der Waals surface area contributed by atoms with Gasteiger partial charge in [0.15, 0.2) is 5.82 Å². The third-order valence-corrected chi connectivity index (χ3v) is 2.13. The third kappa shape index (κ3) is 1.52. The van der Waals surface area contributed by atoms with Gasteiger partial charge in [-0.2, -0.15) is 0 Å². The van der Waals surface area contributed by atoms with Crippen LogP contribution in [0.1, 0.15) is 0 Å². The van der Waals surface area contributed by atoms with E-state index in [1.807, 2.05) is 0 Å². The number of hydrogen-bond donors (Lipinski definition) is 0. The average molecular weight is 254 g/mol. The van der Waals surface area contributed by atoms with E-state index in [0.29, 0.717) is 8.95 Å². The Hall–Kier alpha value is 0.110. The molecule has 1 aromatic carbocycles. The zero-order valence-corrected chi connectivity index (χ0v) is 7.54. The monoisotopic (exact) mass is 252 g/mol. The van der Waals surface area contributed by atoms with Crippen molar-refractivity contribution >= 4 is 31.9 Å². The zero-order chi connectivity index (χ0) is 6.85. The predicted octanol–water partition coefficient (Wildman–Crippen LogP) is 3.35. The van der Waals surface area contributed by atoms with Crippen molar-refractivity contribution in [3.05, 3.63) is 33.0 Å². The summed E-state index contributed by atoms with van der Waals surface area (Å²) in [5, 5.41) is 0. The lowest BCUT2D eigenvalue weighted by Crippen LogP contribution is -1.76. The minimum Gasteiger partial charge on any atom is -0.205 e. The highest BCUT2D eigenvalue weighted by Gasteiger charge is 1.99. The Balaban J connectivity index is 3.25. The molecular weight excluding hydrogens is 251 g/mol. The normalized spacial score (nSPS) is 9.67. The molecule has 0 saturated carbocycles. The fourth-order valence-corrected chi connectivity index (χ4v) is 1.48. The lowest BCUT2D eigenvalue weighted by Gasteiger charge is -1.93. The van der Waals surface area contributed by atoms with Gasteiger partial charge in [0.2, 0.25) is 0 Å². The van der Waals surface area contributed by atoms with Crippen LogP contribution < -0.4 is 0 Å². The van der Waals surface area contributed by atoms with Gasteiger partial charge >= 0.3 is 0 Å². The molecule has 0 aliphatic heterocycles. The van der Waals surface area contributed by atoms with Gasteiger partial charge in [-0.25, -0.2) is 4.39 Å². The minimum absolute atomic E-state index is 0.252. The van der Waals surface area contributed by atoms with Crippen molar-refractivity contribution in [2.24, 2.45) is 0 Å². The molecule has 0 amide bonds. The maximum atomic E-state index is 12.6. The quantitative estimate of drug-likeness (QED) is 0.622. The van der Waals surface area contributed by atoms with Crippen molar-refractivity contribution in [3.63, 3.8) is 0 Å². The van der Waals surface area contributed by atoms with Crippen LogP contribution in [0.4, 0.5) is 4.39 Å². The number of benzene rings is 1. The molecule has 48 valence electrons. The second-order valence-corrected chi connectivity index (χ2v) is 3.24. The summed E-state index contributed by atoms with van der Waals surface area (Å²) in [5.74, 6) is -0.252. The van der Waals surface area contributed by atoms with Gasteiger partial charge in [0.25, 0.3) is 0 Å². The summed E-state index contributed by atoms with van der Waals surface area (Å²) in [4.78, 5) is 0. The highest BCUT2D eigenvalue weighted by molar-refractivity contribution is 9.11. The maximum absolute atomic E-state index is 12.6. The summed E-state index contributed by atoms with van der Waals surface area (Å²) in [5.41, 5.74) is 0. The maximum Gasteiger partial charge on any atom is 0.151 e. The molecule has 0 atom stereocenters. The highest BCUT2D eigenvalue weighted by Crippen LogP contribution is 2.22. The third-order valence-electron chi connectivity index (χ3n) is 0.904. The molecule has 0 fully saturated rings. The number of hydrogen-bond acceptors (Lipinski definition) is 0. The Morgan fingerprint density at radius 2 is 1.56 bits per heavy atom. The Kier molecular flexibility index (Phi) is 2.24. The van der Waals surface area contributed by atoms with Crippen LogP contribution >= 0.6 is 31.9 Å². The summed E-state index contributed by atoms with van der Waals surface area (Å²) in [6.07, 6.45) is 0. The molecule has 0 aliphatic carbocycles. The Morgan fingerprint density at radius 3 is 1.89 bits per heavy atom. The van der Waals surface area contributed by atoms with Crippen molar-refractivity contribution in [1.82, 2.24) is 0 Å². The molecule has 1 rings (SSSR count). The molecular formula is C6H3Br2F. The summed E-state index contributed by atoms with van der Waals surface area (Å²) in [6.45, 7) is 0. The van der Waals surface area contributed by atoms with Crippen molar-refractivity contribution in [3.8, 4) is 0 Å². The van der Waals surface area contributed by atoms with E-state index in [0.717, 1.165) is 0 Å². The van der Waals surface area contributed by atoms with Gasteiger partial charge in [-0.3, -0.25) is 0 Å². The van der Waals surface area contributed by atoms with E-state index < -0.39 is 0 Å². The van der Waals surface area contributed by atoms with Gasteiger partial charge in [0.1, 0.15) is 0 Å². The van der Waals surface area contributed by atoms with Gasteiger partial charge < -0.3 is 0 Å². The first-order valence-electron chi connectivity index (χ1n) is 2.31. The van der Waals surface area contributed by atoms with Gasteiger partial charge in [0.05, 0.1) is 8.95 Å². The molecule has 0 radical (unpaired) electrons. The van der Waals surface area contributed by atoms with Crippen LogP contribution in [0.5, 0.6) is 0 Å². The fourth-order valence-electron chi connectivity index (χ4n) is 0.477. The van der Waals surface area contributed by atoms with Crippen LogP contribution in [0.3, 0.4) is 0 Å². The van der Waals surface area contributed by atoms with Gasteiger partial charge in [-0.1, -0.05) is 6.07 Å². The first-order chi connectivity index (χ1) is 4.22. The van der Waals surface area contributed by atoms with E-state index in [9.17, 15) is 4.39 Å². The summed E-state index contributed by atoms with van der Waals surface area (Å²) >= 11 is 6.08. The van der Waals surface area contributed by atoms with Crippen LogP contribution in [-0.2, 0) is 0 Å². The molecule has 0 nitrogen and oxygen atoms in total. The molecule has 0 heterocycles. The lowest BCUT2D eigenvalue weighted by molar-refractivity contribution is 0.614. The topological polar surface area (TPSA) is 0 Å². The van der Waals surface area contributed by atoms with Crippen LogP contribution in [-0.4, -0.2) is 0 Å². The van der Waals surface area contributed by atoms with E-state index in [2.05, 4.69) is 31.9 Å². The molecule has 0 aromatic heterocycles. The molecule has 0 bridgehead atoms. The van der Waals surface area contributed by atoms with Crippen molar-refractivity contribution in [1.29, 1.82) is 0 Å². The Labute approximate surface area is 69.3 Å². The van der Waals surface area contributed by atoms with E-state index in [1.54, 1.807) is 18.2 Å². The molecule has 0 aliphatic rings. The first kappa shape index (κ1) is 7.22. The van der Waals surface area contributed by atoms with Gasteiger partial charge in [-0.05, 0) is 44.0 Å². The summed E-state index contributed by atoms with van der Waals surface area (Å²) < 4.78 is 13.6. The number of halogens is 3. The van der Waals surface area contributed by atoms with E-state index in [4.69, 9.17) is 0 Å². The predicted molar refractivity (Wildman–Crippen MR) is 41.8 cm³/mol. The largest absolute Gasteiger partial charge is 0.205 e. The second kappa shape index (κ2) is 2.80. The Morgan fingerprint density at radius 1 is 1.11 bits per heavy atom. The molecule has 1 aromatic rings. The molecule has 9 heavy (non-hydrogen) atoms. The van der Waals surface area contributed by atoms with Crippen molar-refractivity contribution in [2.45, 2.75) is 0 Å². The average Bonchev–Trinajstić information content (AvgIpc) is 1.83. The fraction of sp³-hybridized carbons (Fsp3) is 0. The molecule has 3 heteroatoms. The Bertz CT molecular complexity index is 202.